The Hall–Kier alpha value is -3.29. The molecule has 33 heavy (non-hydrogen) atoms. The number of Topliss-reactive ketones (excluding diaryl/α,β-unsaturated/α-hetero) is 1. The van der Waals surface area contributed by atoms with Gasteiger partial charge in [0.25, 0.3) is 11.7 Å². The second-order valence-corrected chi connectivity index (χ2v) is 9.06. The van der Waals surface area contributed by atoms with Crippen LogP contribution in [0, 0.1) is 0 Å². The number of aliphatic hydroxyl groups excluding tert-OH is 1. The van der Waals surface area contributed by atoms with Gasteiger partial charge in [-0.3, -0.25) is 14.5 Å². The number of carbonyl (C=O) groups excluding carboxylic acids is 2. The first-order valence-corrected chi connectivity index (χ1v) is 11.6. The average Bonchev–Trinajstić information content (AvgIpc) is 3.42. The van der Waals surface area contributed by atoms with Crippen molar-refractivity contribution in [2.75, 3.05) is 30.5 Å². The maximum atomic E-state index is 13.2. The van der Waals surface area contributed by atoms with Crippen LogP contribution in [0.25, 0.3) is 5.76 Å². The molecule has 0 aliphatic carbocycles. The molecule has 1 atom stereocenters. The van der Waals surface area contributed by atoms with Crippen molar-refractivity contribution in [2.45, 2.75) is 13.0 Å². The Morgan fingerprint density at radius 1 is 1.15 bits per heavy atom. The number of carbonyl (C=O) groups is 2. The van der Waals surface area contributed by atoms with E-state index in [-0.39, 0.29) is 11.3 Å². The van der Waals surface area contributed by atoms with Crippen LogP contribution in [0.4, 0.5) is 11.4 Å². The summed E-state index contributed by atoms with van der Waals surface area (Å²) in [5.74, 6) is -1.30. The van der Waals surface area contributed by atoms with Crippen molar-refractivity contribution in [3.05, 3.63) is 81.0 Å². The van der Waals surface area contributed by atoms with Crippen molar-refractivity contribution in [3.8, 4) is 5.75 Å². The molecule has 0 spiro atoms. The SMILES string of the molecule is CCOc1cc(/C(O)=C2/C(=O)C(=O)N(c3ccc(N(C)C)cc3)C2c2cccs2)ccc1Cl. The number of nitrogens with zero attached hydrogens (tertiary/aromatic N) is 2. The number of benzene rings is 2. The van der Waals surface area contributed by atoms with Gasteiger partial charge in [-0.1, -0.05) is 17.7 Å². The summed E-state index contributed by atoms with van der Waals surface area (Å²) in [6.45, 7) is 2.22. The number of hydrogen-bond acceptors (Lipinski definition) is 6. The van der Waals surface area contributed by atoms with E-state index in [2.05, 4.69) is 0 Å². The largest absolute Gasteiger partial charge is 0.507 e. The molecule has 1 amide bonds. The third-order valence-corrected chi connectivity index (χ3v) is 6.64. The molecule has 4 rings (SSSR count). The van der Waals surface area contributed by atoms with Gasteiger partial charge in [0.2, 0.25) is 0 Å². The second kappa shape index (κ2) is 9.29. The fraction of sp³-hybridized carbons (Fsp3) is 0.200. The Labute approximate surface area is 201 Å². The standard InChI is InChI=1S/C25H23ClN2O4S/c1-4-32-19-14-15(7-12-18(19)26)23(29)21-22(20-6-5-13-33-20)28(25(31)24(21)30)17-10-8-16(9-11-17)27(2)3/h5-14,22,29H,4H2,1-3H3/b23-21-. The summed E-state index contributed by atoms with van der Waals surface area (Å²) in [6.07, 6.45) is 0. The van der Waals surface area contributed by atoms with Gasteiger partial charge in [-0.05, 0) is 60.8 Å². The van der Waals surface area contributed by atoms with Crippen LogP contribution in [0.1, 0.15) is 23.4 Å². The smallest absolute Gasteiger partial charge is 0.300 e. The lowest BCUT2D eigenvalue weighted by Gasteiger charge is -2.25. The Morgan fingerprint density at radius 2 is 1.88 bits per heavy atom. The van der Waals surface area contributed by atoms with Crippen molar-refractivity contribution in [3.63, 3.8) is 0 Å². The van der Waals surface area contributed by atoms with Crippen molar-refractivity contribution < 1.29 is 19.4 Å². The molecule has 8 heteroatoms. The van der Waals surface area contributed by atoms with Gasteiger partial charge in [0, 0.05) is 35.9 Å². The van der Waals surface area contributed by atoms with E-state index in [4.69, 9.17) is 16.3 Å². The van der Waals surface area contributed by atoms with Crippen molar-refractivity contribution >= 4 is 51.8 Å². The molecule has 0 saturated carbocycles. The molecular weight excluding hydrogens is 460 g/mol. The van der Waals surface area contributed by atoms with Crippen LogP contribution in [-0.2, 0) is 9.59 Å². The highest BCUT2D eigenvalue weighted by Crippen LogP contribution is 2.44. The van der Waals surface area contributed by atoms with E-state index >= 15 is 0 Å². The second-order valence-electron chi connectivity index (χ2n) is 7.67. The zero-order chi connectivity index (χ0) is 23.7. The predicted octanol–water partition coefficient (Wildman–Crippen LogP) is 5.49. The minimum atomic E-state index is -0.749. The van der Waals surface area contributed by atoms with E-state index in [0.29, 0.717) is 28.6 Å². The quantitative estimate of drug-likeness (QED) is 0.285. The van der Waals surface area contributed by atoms with Crippen molar-refractivity contribution in [1.29, 1.82) is 0 Å². The molecule has 1 aromatic heterocycles. The highest BCUT2D eigenvalue weighted by atomic mass is 35.5. The third-order valence-electron chi connectivity index (χ3n) is 5.41. The van der Waals surface area contributed by atoms with Crippen LogP contribution >= 0.6 is 22.9 Å². The molecule has 1 N–H and O–H groups in total. The molecule has 1 aliphatic heterocycles. The summed E-state index contributed by atoms with van der Waals surface area (Å²) in [5.41, 5.74) is 1.92. The number of halogens is 1. The molecule has 6 nitrogen and oxygen atoms in total. The Morgan fingerprint density at radius 3 is 2.48 bits per heavy atom. The van der Waals surface area contributed by atoms with Crippen LogP contribution in [0.3, 0.4) is 0 Å². The molecule has 0 bridgehead atoms. The first kappa shape index (κ1) is 22.9. The number of thiophene rings is 1. The van der Waals surface area contributed by atoms with E-state index in [1.54, 1.807) is 30.3 Å². The summed E-state index contributed by atoms with van der Waals surface area (Å²) in [4.78, 5) is 30.5. The van der Waals surface area contributed by atoms with Crippen LogP contribution in [0.15, 0.2) is 65.6 Å². The fourth-order valence-corrected chi connectivity index (χ4v) is 4.79. The van der Waals surface area contributed by atoms with Gasteiger partial charge in [-0.25, -0.2) is 0 Å². The summed E-state index contributed by atoms with van der Waals surface area (Å²) in [7, 11) is 3.85. The topological polar surface area (TPSA) is 70.1 Å². The minimum absolute atomic E-state index is 0.0314. The van der Waals surface area contributed by atoms with Gasteiger partial charge in [0.15, 0.2) is 0 Å². The zero-order valence-electron chi connectivity index (χ0n) is 18.4. The summed E-state index contributed by atoms with van der Waals surface area (Å²) < 4.78 is 5.53. The van der Waals surface area contributed by atoms with Gasteiger partial charge < -0.3 is 14.7 Å². The number of rotatable bonds is 6. The molecule has 2 heterocycles. The maximum Gasteiger partial charge on any atom is 0.300 e. The first-order valence-electron chi connectivity index (χ1n) is 10.4. The van der Waals surface area contributed by atoms with Crippen LogP contribution < -0.4 is 14.5 Å². The van der Waals surface area contributed by atoms with Crippen LogP contribution in [0.2, 0.25) is 5.02 Å². The Bertz CT molecular complexity index is 1220. The summed E-state index contributed by atoms with van der Waals surface area (Å²) >= 11 is 7.60. The summed E-state index contributed by atoms with van der Waals surface area (Å²) in [5, 5.41) is 13.5. The molecular formula is C25H23ClN2O4S. The molecule has 1 saturated heterocycles. The molecule has 170 valence electrons. The van der Waals surface area contributed by atoms with Gasteiger partial charge in [-0.15, -0.1) is 11.3 Å². The van der Waals surface area contributed by atoms with E-state index in [0.717, 1.165) is 10.6 Å². The molecule has 1 fully saturated rings. The highest BCUT2D eigenvalue weighted by Gasteiger charge is 2.47. The predicted molar refractivity (Wildman–Crippen MR) is 132 cm³/mol. The number of ketones is 1. The number of amides is 1. The lowest BCUT2D eigenvalue weighted by molar-refractivity contribution is -0.132. The van der Waals surface area contributed by atoms with Gasteiger partial charge in [-0.2, -0.15) is 0 Å². The molecule has 1 unspecified atom stereocenters. The monoisotopic (exact) mass is 482 g/mol. The van der Waals surface area contributed by atoms with E-state index in [1.165, 1.54) is 16.2 Å². The number of anilines is 2. The van der Waals surface area contributed by atoms with Gasteiger partial charge >= 0.3 is 0 Å². The lowest BCUT2D eigenvalue weighted by Crippen LogP contribution is -2.29. The average molecular weight is 483 g/mol. The van der Waals surface area contributed by atoms with Crippen LogP contribution in [-0.4, -0.2) is 37.5 Å². The lowest BCUT2D eigenvalue weighted by atomic mass is 9.99. The first-order chi connectivity index (χ1) is 15.8. The van der Waals surface area contributed by atoms with E-state index < -0.39 is 17.7 Å². The molecule has 0 radical (unpaired) electrons. The molecule has 2 aromatic carbocycles. The van der Waals surface area contributed by atoms with Crippen molar-refractivity contribution in [1.82, 2.24) is 0 Å². The molecule has 1 aliphatic rings. The molecule has 3 aromatic rings. The normalized spacial score (nSPS) is 17.5. The zero-order valence-corrected chi connectivity index (χ0v) is 20.0. The van der Waals surface area contributed by atoms with Gasteiger partial charge in [0.1, 0.15) is 17.6 Å². The van der Waals surface area contributed by atoms with Crippen molar-refractivity contribution in [2.24, 2.45) is 0 Å². The maximum absolute atomic E-state index is 13.2. The number of ether oxygens (including phenoxy) is 1. The number of aliphatic hydroxyl groups is 1. The van der Waals surface area contributed by atoms with E-state index in [1.807, 2.05) is 55.6 Å². The van der Waals surface area contributed by atoms with Gasteiger partial charge in [0.05, 0.1) is 17.2 Å². The fourth-order valence-electron chi connectivity index (χ4n) is 3.80. The highest BCUT2D eigenvalue weighted by molar-refractivity contribution is 7.10. The Balaban J connectivity index is 1.86. The number of hydrogen-bond donors (Lipinski definition) is 1. The van der Waals surface area contributed by atoms with E-state index in [9.17, 15) is 14.7 Å². The third kappa shape index (κ3) is 4.21. The summed E-state index contributed by atoms with van der Waals surface area (Å²) in [6, 6.07) is 15.1. The Kier molecular flexibility index (Phi) is 6.44. The van der Waals surface area contributed by atoms with Crippen LogP contribution in [0.5, 0.6) is 5.75 Å². The minimum Gasteiger partial charge on any atom is -0.507 e.